The molecule has 0 amide bonds. The number of aliphatic hydroxyl groups excluding tert-OH is 3. The van der Waals surface area contributed by atoms with E-state index in [1.54, 1.807) is 6.08 Å². The molecule has 4 atom stereocenters. The summed E-state index contributed by atoms with van der Waals surface area (Å²) in [5, 5.41) is 29.1. The Morgan fingerprint density at radius 1 is 1.35 bits per heavy atom. The number of aliphatic hydroxyl groups is 3. The monoisotopic (exact) mass is 323 g/mol. The molecule has 0 aliphatic carbocycles. The van der Waals surface area contributed by atoms with Crippen LogP contribution in [-0.4, -0.2) is 66.4 Å². The summed E-state index contributed by atoms with van der Waals surface area (Å²) < 4.78 is 6.95. The molecule has 0 radical (unpaired) electrons. The topological polar surface area (TPSA) is 135 Å². The third kappa shape index (κ3) is 2.78. The molecule has 124 valence electrons. The van der Waals surface area contributed by atoms with E-state index in [2.05, 4.69) is 27.0 Å². The van der Waals surface area contributed by atoms with E-state index in [-0.39, 0.29) is 6.61 Å². The summed E-state index contributed by atoms with van der Waals surface area (Å²) >= 11 is 0. The van der Waals surface area contributed by atoms with Crippen molar-refractivity contribution in [3.63, 3.8) is 0 Å². The molecule has 2 aromatic rings. The van der Waals surface area contributed by atoms with Crippen molar-refractivity contribution in [2.45, 2.75) is 24.5 Å². The summed E-state index contributed by atoms with van der Waals surface area (Å²) in [6.45, 7) is 3.41. The molecule has 0 unspecified atom stereocenters. The maximum absolute atomic E-state index is 10.1. The number of hydrogen-bond acceptors (Lipinski definition) is 9. The van der Waals surface area contributed by atoms with Crippen molar-refractivity contribution >= 4 is 17.0 Å². The number of fused-ring (bicyclic) bond motifs is 1. The van der Waals surface area contributed by atoms with Crippen LogP contribution in [0.2, 0.25) is 0 Å². The van der Waals surface area contributed by atoms with Crippen molar-refractivity contribution in [2.24, 2.45) is 0 Å². The van der Waals surface area contributed by atoms with Crippen molar-refractivity contribution in [2.75, 3.05) is 18.7 Å². The number of nitrogens with one attached hydrogen (secondary N) is 1. The summed E-state index contributed by atoms with van der Waals surface area (Å²) in [5.74, 6) is 0.349. The zero-order valence-electron chi connectivity index (χ0n) is 12.1. The van der Waals surface area contributed by atoms with Crippen LogP contribution in [0.15, 0.2) is 25.3 Å². The lowest BCUT2D eigenvalue weighted by Crippen LogP contribution is -2.33. The average molecular weight is 323 g/mol. The van der Waals surface area contributed by atoms with E-state index in [1.807, 2.05) is 0 Å². The van der Waals surface area contributed by atoms with Gasteiger partial charge in [-0.15, -0.1) is 6.58 Å². The van der Waals surface area contributed by atoms with Gasteiger partial charge in [-0.25, -0.2) is 20.4 Å². The van der Waals surface area contributed by atoms with Gasteiger partial charge in [0.1, 0.15) is 24.6 Å². The SMILES string of the molecule is C=CCONc1ncnc2c1ncn2[C@@H]1O[C@H](CO)[C@@H](O)[C@H]1O. The minimum atomic E-state index is -1.21. The molecule has 4 N–H and O–H groups in total. The number of hydrogen-bond donors (Lipinski definition) is 4. The maximum Gasteiger partial charge on any atom is 0.181 e. The second-order valence-corrected chi connectivity index (χ2v) is 4.98. The molecule has 10 nitrogen and oxygen atoms in total. The summed E-state index contributed by atoms with van der Waals surface area (Å²) in [5.41, 5.74) is 3.44. The first kappa shape index (κ1) is 15.8. The first-order valence-electron chi connectivity index (χ1n) is 6.96. The molecule has 3 heterocycles. The maximum atomic E-state index is 10.1. The van der Waals surface area contributed by atoms with Crippen molar-refractivity contribution in [3.8, 4) is 0 Å². The summed E-state index contributed by atoms with van der Waals surface area (Å²) in [6.07, 6.45) is 0.0979. The highest BCUT2D eigenvalue weighted by Gasteiger charge is 2.44. The molecular formula is C13H17N5O5. The fourth-order valence-corrected chi connectivity index (χ4v) is 2.39. The molecule has 23 heavy (non-hydrogen) atoms. The molecule has 1 fully saturated rings. The van der Waals surface area contributed by atoms with Gasteiger partial charge in [-0.05, 0) is 0 Å². The van der Waals surface area contributed by atoms with E-state index in [9.17, 15) is 10.2 Å². The zero-order valence-corrected chi connectivity index (χ0v) is 12.1. The number of imidazole rings is 1. The largest absolute Gasteiger partial charge is 0.394 e. The molecule has 2 aromatic heterocycles. The normalized spacial score (nSPS) is 27.4. The fourth-order valence-electron chi connectivity index (χ4n) is 2.39. The third-order valence-corrected chi connectivity index (χ3v) is 3.52. The Hall–Kier alpha value is -2.11. The van der Waals surface area contributed by atoms with Gasteiger partial charge >= 0.3 is 0 Å². The van der Waals surface area contributed by atoms with Gasteiger partial charge in [0.15, 0.2) is 23.2 Å². The number of ether oxygens (including phenoxy) is 1. The first-order chi connectivity index (χ1) is 11.2. The van der Waals surface area contributed by atoms with Gasteiger partial charge < -0.3 is 20.1 Å². The molecule has 0 saturated carbocycles. The van der Waals surface area contributed by atoms with Crippen molar-refractivity contribution < 1.29 is 24.9 Å². The van der Waals surface area contributed by atoms with Crippen LogP contribution in [0.1, 0.15) is 6.23 Å². The van der Waals surface area contributed by atoms with Crippen LogP contribution in [0.4, 0.5) is 5.82 Å². The molecule has 3 rings (SSSR count). The van der Waals surface area contributed by atoms with Gasteiger partial charge in [0.25, 0.3) is 0 Å². The summed E-state index contributed by atoms with van der Waals surface area (Å²) in [6, 6.07) is 0. The number of rotatable bonds is 6. The Labute approximate surface area is 131 Å². The smallest absolute Gasteiger partial charge is 0.181 e. The lowest BCUT2D eigenvalue weighted by molar-refractivity contribution is -0.0511. The van der Waals surface area contributed by atoms with E-state index < -0.39 is 31.1 Å². The Morgan fingerprint density at radius 2 is 2.17 bits per heavy atom. The van der Waals surface area contributed by atoms with Crippen LogP contribution in [0, 0.1) is 0 Å². The van der Waals surface area contributed by atoms with Crippen LogP contribution in [0.3, 0.4) is 0 Å². The second kappa shape index (κ2) is 6.56. The zero-order chi connectivity index (χ0) is 16.4. The van der Waals surface area contributed by atoms with Gasteiger partial charge in [-0.1, -0.05) is 6.08 Å². The Bertz CT molecular complexity index is 692. The van der Waals surface area contributed by atoms with Gasteiger partial charge in [-0.3, -0.25) is 9.40 Å². The van der Waals surface area contributed by atoms with E-state index in [4.69, 9.17) is 14.7 Å². The minimum Gasteiger partial charge on any atom is -0.394 e. The fraction of sp³-hybridized carbons (Fsp3) is 0.462. The first-order valence-corrected chi connectivity index (χ1v) is 6.96. The van der Waals surface area contributed by atoms with Crippen LogP contribution >= 0.6 is 0 Å². The predicted molar refractivity (Wildman–Crippen MR) is 78.1 cm³/mol. The van der Waals surface area contributed by atoms with E-state index in [0.29, 0.717) is 17.0 Å². The molecule has 0 aromatic carbocycles. The summed E-state index contributed by atoms with van der Waals surface area (Å²) in [4.78, 5) is 17.5. The van der Waals surface area contributed by atoms with Crippen molar-refractivity contribution in [1.82, 2.24) is 19.5 Å². The second-order valence-electron chi connectivity index (χ2n) is 4.98. The molecular weight excluding hydrogens is 306 g/mol. The van der Waals surface area contributed by atoms with Gasteiger partial charge in [0, 0.05) is 0 Å². The van der Waals surface area contributed by atoms with Crippen LogP contribution in [0.5, 0.6) is 0 Å². The van der Waals surface area contributed by atoms with E-state index in [1.165, 1.54) is 17.2 Å². The van der Waals surface area contributed by atoms with Gasteiger partial charge in [0.2, 0.25) is 0 Å². The Kier molecular flexibility index (Phi) is 4.50. The highest BCUT2D eigenvalue weighted by molar-refractivity contribution is 5.82. The number of anilines is 1. The molecule has 10 heteroatoms. The minimum absolute atomic E-state index is 0.279. The van der Waals surface area contributed by atoms with Gasteiger partial charge in [0.05, 0.1) is 19.5 Å². The van der Waals surface area contributed by atoms with Crippen molar-refractivity contribution in [1.29, 1.82) is 0 Å². The van der Waals surface area contributed by atoms with E-state index >= 15 is 0 Å². The lowest BCUT2D eigenvalue weighted by Gasteiger charge is -2.16. The Morgan fingerprint density at radius 3 is 2.87 bits per heavy atom. The molecule has 1 aliphatic rings. The quantitative estimate of drug-likeness (QED) is 0.299. The summed E-state index contributed by atoms with van der Waals surface area (Å²) in [7, 11) is 0. The lowest BCUT2D eigenvalue weighted by atomic mass is 10.1. The van der Waals surface area contributed by atoms with Crippen LogP contribution in [-0.2, 0) is 9.57 Å². The van der Waals surface area contributed by atoms with Crippen LogP contribution in [0.25, 0.3) is 11.2 Å². The Balaban J connectivity index is 1.91. The number of aromatic nitrogens is 4. The highest BCUT2D eigenvalue weighted by Crippen LogP contribution is 2.31. The van der Waals surface area contributed by atoms with Crippen molar-refractivity contribution in [3.05, 3.63) is 25.3 Å². The predicted octanol–water partition coefficient (Wildman–Crippen LogP) is -1.03. The standard InChI is InChI=1S/C13H17N5O5/c1-2-3-22-17-11-8-12(15-5-14-11)18(6-16-8)13-10(21)9(20)7(4-19)23-13/h2,5-7,9-10,13,19-21H,1,3-4H2,(H,14,15,17)/t7-,9-,10-,13-/m1/s1. The molecule has 0 spiro atoms. The highest BCUT2D eigenvalue weighted by atomic mass is 16.6. The van der Waals surface area contributed by atoms with E-state index in [0.717, 1.165) is 0 Å². The molecule has 0 bridgehead atoms. The van der Waals surface area contributed by atoms with Gasteiger partial charge in [-0.2, -0.15) is 0 Å². The average Bonchev–Trinajstić information content (AvgIpc) is 3.11. The molecule has 1 saturated heterocycles. The van der Waals surface area contributed by atoms with Crippen LogP contribution < -0.4 is 5.48 Å². The third-order valence-electron chi connectivity index (χ3n) is 3.52. The molecule has 1 aliphatic heterocycles. The number of nitrogens with zero attached hydrogens (tertiary/aromatic N) is 4.